The highest BCUT2D eigenvalue weighted by Crippen LogP contribution is 2.40. The Bertz CT molecular complexity index is 2030. The van der Waals surface area contributed by atoms with Gasteiger partial charge in [0.15, 0.2) is 0 Å². The first-order chi connectivity index (χ1) is 22.4. The molecule has 0 aliphatic rings. The minimum atomic E-state index is 0.871. The molecule has 0 bridgehead atoms. The SMILES string of the molecule is Cc1cccc(-c2cc(C)cc(-c3nc(-c4cc(C)cc(-c5cccc(C)c5)c4)c(-c4ccccc4)nc3-c3ccccc3)c2)c1. The number of aromatic nitrogens is 2. The third-order valence-corrected chi connectivity index (χ3v) is 8.39. The minimum Gasteiger partial charge on any atom is -0.243 e. The first-order valence-electron chi connectivity index (χ1n) is 15.8. The van der Waals surface area contributed by atoms with Gasteiger partial charge in [0.1, 0.15) is 0 Å². The van der Waals surface area contributed by atoms with Crippen molar-refractivity contribution in [1.82, 2.24) is 9.97 Å². The summed E-state index contributed by atoms with van der Waals surface area (Å²) < 4.78 is 0. The van der Waals surface area contributed by atoms with E-state index in [0.29, 0.717) is 0 Å². The molecule has 0 radical (unpaired) electrons. The highest BCUT2D eigenvalue weighted by Gasteiger charge is 2.21. The topological polar surface area (TPSA) is 25.8 Å². The smallest absolute Gasteiger partial charge is 0.0973 e. The number of benzene rings is 6. The molecule has 0 spiro atoms. The summed E-state index contributed by atoms with van der Waals surface area (Å²) in [6.45, 7) is 8.60. The van der Waals surface area contributed by atoms with E-state index in [1.807, 2.05) is 12.1 Å². The van der Waals surface area contributed by atoms with Crippen LogP contribution in [0.3, 0.4) is 0 Å². The molecule has 6 aromatic carbocycles. The van der Waals surface area contributed by atoms with E-state index in [-0.39, 0.29) is 0 Å². The maximum absolute atomic E-state index is 5.59. The second-order valence-corrected chi connectivity index (χ2v) is 12.3. The summed E-state index contributed by atoms with van der Waals surface area (Å²) in [6.07, 6.45) is 0. The van der Waals surface area contributed by atoms with Gasteiger partial charge in [0.05, 0.1) is 22.8 Å². The standard InChI is InChI=1S/C44H36N2/c1-29-13-11-19-35(21-29)37-23-31(3)25-39(27-37)43-41(33-15-7-5-8-16-33)45-42(34-17-9-6-10-18-34)44(46-43)40-26-32(4)24-38(28-40)36-20-12-14-30(2)22-36/h5-28H,1-4H3. The summed E-state index contributed by atoms with van der Waals surface area (Å²) in [7, 11) is 0. The highest BCUT2D eigenvalue weighted by atomic mass is 14.9. The van der Waals surface area contributed by atoms with Crippen LogP contribution in [0.15, 0.2) is 146 Å². The van der Waals surface area contributed by atoms with Crippen LogP contribution in [0.1, 0.15) is 22.3 Å². The van der Waals surface area contributed by atoms with Crippen LogP contribution in [0, 0.1) is 27.7 Å². The van der Waals surface area contributed by atoms with Crippen LogP contribution in [-0.2, 0) is 0 Å². The molecule has 222 valence electrons. The Morgan fingerprint density at radius 3 is 0.978 bits per heavy atom. The van der Waals surface area contributed by atoms with Gasteiger partial charge in [0.2, 0.25) is 0 Å². The van der Waals surface area contributed by atoms with E-state index >= 15 is 0 Å². The molecule has 0 aliphatic heterocycles. The molecule has 2 nitrogen and oxygen atoms in total. The van der Waals surface area contributed by atoms with Crippen LogP contribution in [0.4, 0.5) is 0 Å². The summed E-state index contributed by atoms with van der Waals surface area (Å²) in [5, 5.41) is 0. The lowest BCUT2D eigenvalue weighted by Gasteiger charge is -2.18. The molecule has 1 aromatic heterocycles. The van der Waals surface area contributed by atoms with Gasteiger partial charge in [-0.1, -0.05) is 132 Å². The Morgan fingerprint density at radius 1 is 0.261 bits per heavy atom. The molecule has 0 fully saturated rings. The van der Waals surface area contributed by atoms with E-state index in [1.54, 1.807) is 0 Å². The van der Waals surface area contributed by atoms with Crippen LogP contribution in [-0.4, -0.2) is 9.97 Å². The quantitative estimate of drug-likeness (QED) is 0.192. The van der Waals surface area contributed by atoms with Crippen molar-refractivity contribution in [1.29, 1.82) is 0 Å². The van der Waals surface area contributed by atoms with E-state index in [1.165, 1.54) is 44.5 Å². The Kier molecular flexibility index (Phi) is 7.86. The molecule has 0 saturated carbocycles. The van der Waals surface area contributed by atoms with Crippen molar-refractivity contribution in [2.24, 2.45) is 0 Å². The fourth-order valence-electron chi connectivity index (χ4n) is 6.25. The van der Waals surface area contributed by atoms with Crippen LogP contribution < -0.4 is 0 Å². The zero-order valence-electron chi connectivity index (χ0n) is 26.8. The van der Waals surface area contributed by atoms with Crippen LogP contribution in [0.25, 0.3) is 67.3 Å². The summed E-state index contributed by atoms with van der Waals surface area (Å²) >= 11 is 0. The molecule has 0 unspecified atom stereocenters. The van der Waals surface area contributed by atoms with Crippen molar-refractivity contribution < 1.29 is 0 Å². The molecule has 2 heteroatoms. The molecular weight excluding hydrogens is 556 g/mol. The third kappa shape index (κ3) is 6.03. The van der Waals surface area contributed by atoms with Gasteiger partial charge in [-0.05, 0) is 85.3 Å². The number of nitrogens with zero attached hydrogens (tertiary/aromatic N) is 2. The zero-order chi connectivity index (χ0) is 31.6. The van der Waals surface area contributed by atoms with E-state index in [9.17, 15) is 0 Å². The predicted octanol–water partition coefficient (Wildman–Crippen LogP) is 11.7. The lowest BCUT2D eigenvalue weighted by atomic mass is 9.93. The van der Waals surface area contributed by atoms with E-state index < -0.39 is 0 Å². The zero-order valence-corrected chi connectivity index (χ0v) is 26.8. The molecule has 0 amide bonds. The molecule has 0 aliphatic carbocycles. The van der Waals surface area contributed by atoms with Gasteiger partial charge in [0, 0.05) is 22.3 Å². The molecule has 46 heavy (non-hydrogen) atoms. The van der Waals surface area contributed by atoms with Gasteiger partial charge in [-0.15, -0.1) is 0 Å². The number of rotatable bonds is 6. The lowest BCUT2D eigenvalue weighted by Crippen LogP contribution is -2.01. The molecule has 7 aromatic rings. The Labute approximate surface area is 272 Å². The highest BCUT2D eigenvalue weighted by molar-refractivity contribution is 5.88. The maximum Gasteiger partial charge on any atom is 0.0973 e. The van der Waals surface area contributed by atoms with Crippen molar-refractivity contribution in [3.8, 4) is 67.3 Å². The second-order valence-electron chi connectivity index (χ2n) is 12.3. The normalized spacial score (nSPS) is 11.0. The predicted molar refractivity (Wildman–Crippen MR) is 194 cm³/mol. The van der Waals surface area contributed by atoms with Gasteiger partial charge in [-0.2, -0.15) is 0 Å². The first-order valence-corrected chi connectivity index (χ1v) is 15.8. The molecule has 7 rings (SSSR count). The molecular formula is C44H36N2. The fraction of sp³-hybridized carbons (Fsp3) is 0.0909. The average molecular weight is 593 g/mol. The van der Waals surface area contributed by atoms with Gasteiger partial charge < -0.3 is 0 Å². The second kappa shape index (κ2) is 12.4. The monoisotopic (exact) mass is 592 g/mol. The van der Waals surface area contributed by atoms with Crippen molar-refractivity contribution >= 4 is 0 Å². The first kappa shape index (κ1) is 29.1. The number of hydrogen-bond donors (Lipinski definition) is 0. The summed E-state index contributed by atoms with van der Waals surface area (Å²) in [6, 6.07) is 51.7. The molecule has 0 atom stereocenters. The summed E-state index contributed by atoms with van der Waals surface area (Å²) in [5.41, 5.74) is 17.2. The van der Waals surface area contributed by atoms with Crippen molar-refractivity contribution in [2.75, 3.05) is 0 Å². The third-order valence-electron chi connectivity index (χ3n) is 8.39. The van der Waals surface area contributed by atoms with Crippen LogP contribution in [0.5, 0.6) is 0 Å². The van der Waals surface area contributed by atoms with Crippen molar-refractivity contribution in [3.05, 3.63) is 168 Å². The average Bonchev–Trinajstić information content (AvgIpc) is 3.08. The van der Waals surface area contributed by atoms with Gasteiger partial charge >= 0.3 is 0 Å². The Hall–Kier alpha value is -5.60. The van der Waals surface area contributed by atoms with Crippen LogP contribution >= 0.6 is 0 Å². The van der Waals surface area contributed by atoms with Crippen molar-refractivity contribution in [2.45, 2.75) is 27.7 Å². The summed E-state index contributed by atoms with van der Waals surface area (Å²) in [5.74, 6) is 0. The Balaban J connectivity index is 1.52. The molecule has 0 N–H and O–H groups in total. The van der Waals surface area contributed by atoms with Gasteiger partial charge in [-0.25, -0.2) is 9.97 Å². The van der Waals surface area contributed by atoms with E-state index in [4.69, 9.17) is 9.97 Å². The minimum absolute atomic E-state index is 0.871. The maximum atomic E-state index is 5.59. The largest absolute Gasteiger partial charge is 0.243 e. The van der Waals surface area contributed by atoms with Crippen molar-refractivity contribution in [3.63, 3.8) is 0 Å². The molecule has 1 heterocycles. The van der Waals surface area contributed by atoms with Gasteiger partial charge in [-0.3, -0.25) is 0 Å². The van der Waals surface area contributed by atoms with E-state index in [2.05, 4.69) is 161 Å². The molecule has 0 saturated heterocycles. The number of hydrogen-bond acceptors (Lipinski definition) is 2. The number of aryl methyl sites for hydroxylation is 4. The fourth-order valence-corrected chi connectivity index (χ4v) is 6.25. The van der Waals surface area contributed by atoms with Crippen LogP contribution in [0.2, 0.25) is 0 Å². The van der Waals surface area contributed by atoms with Gasteiger partial charge in [0.25, 0.3) is 0 Å². The van der Waals surface area contributed by atoms with E-state index in [0.717, 1.165) is 45.0 Å². The lowest BCUT2D eigenvalue weighted by molar-refractivity contribution is 1.21. The Morgan fingerprint density at radius 2 is 0.587 bits per heavy atom. The summed E-state index contributed by atoms with van der Waals surface area (Å²) in [4.78, 5) is 11.1.